The number of aromatic amines is 1. The fourth-order valence-corrected chi connectivity index (χ4v) is 4.92. The van der Waals surface area contributed by atoms with Crippen LogP contribution in [0.15, 0.2) is 35.1 Å². The van der Waals surface area contributed by atoms with Crippen molar-refractivity contribution in [1.29, 1.82) is 5.26 Å². The number of hydrogen-bond acceptors (Lipinski definition) is 4. The van der Waals surface area contributed by atoms with Gasteiger partial charge in [0.15, 0.2) is 5.43 Å². The molecule has 1 aliphatic heterocycles. The quantitative estimate of drug-likeness (QED) is 0.554. The number of nitrogens with one attached hydrogen (secondary N) is 1. The minimum Gasteiger partial charge on any atom is -0.369 e. The van der Waals surface area contributed by atoms with Crippen LogP contribution in [0.4, 0.5) is 5.69 Å². The van der Waals surface area contributed by atoms with Gasteiger partial charge in [0.1, 0.15) is 5.65 Å². The predicted octanol–water partition coefficient (Wildman–Crippen LogP) is 3.84. The Morgan fingerprint density at radius 1 is 1.06 bits per heavy atom. The van der Waals surface area contributed by atoms with Gasteiger partial charge in [0.05, 0.1) is 22.5 Å². The van der Waals surface area contributed by atoms with E-state index in [-0.39, 0.29) is 5.43 Å². The molecule has 4 aromatic rings. The Kier molecular flexibility index (Phi) is 4.71. The summed E-state index contributed by atoms with van der Waals surface area (Å²) in [5, 5.41) is 11.6. The number of piperazine rings is 1. The molecule has 2 aromatic heterocycles. The van der Waals surface area contributed by atoms with Crippen LogP contribution in [0.5, 0.6) is 0 Å². The summed E-state index contributed by atoms with van der Waals surface area (Å²) in [5.41, 5.74) is 5.75. The molecule has 1 N–H and O–H groups in total. The van der Waals surface area contributed by atoms with Crippen molar-refractivity contribution in [2.75, 3.05) is 38.1 Å². The summed E-state index contributed by atoms with van der Waals surface area (Å²) in [6, 6.07) is 12.0. The molecule has 3 heterocycles. The van der Waals surface area contributed by atoms with Crippen LogP contribution in [-0.2, 0) is 13.0 Å². The van der Waals surface area contributed by atoms with Gasteiger partial charge in [-0.25, -0.2) is 0 Å². The molecule has 6 nitrogen and oxygen atoms in total. The van der Waals surface area contributed by atoms with Gasteiger partial charge in [-0.1, -0.05) is 13.0 Å². The SMILES string of the molecule is CCc1cc2c(=O)c3c4ccc(C#N)cc4[nH]c3n(CC)c2cc1N1CCN(C)CC1. The van der Waals surface area contributed by atoms with Gasteiger partial charge < -0.3 is 19.4 Å². The monoisotopic (exact) mass is 413 g/mol. The number of hydrogen-bond donors (Lipinski definition) is 1. The van der Waals surface area contributed by atoms with E-state index in [1.807, 2.05) is 12.1 Å². The number of anilines is 1. The standard InChI is InChI=1S/C25H27N5O/c1-4-17-13-19-22(14-21(17)29-10-8-28(3)9-11-29)30(5-2)25-23(24(19)31)18-7-6-16(15-26)12-20(18)27-25/h6-7,12-14,27H,4-5,8-11H2,1-3H3. The molecular formula is C25H27N5O. The third-order valence-corrected chi connectivity index (χ3v) is 6.68. The molecule has 0 atom stereocenters. The largest absolute Gasteiger partial charge is 0.369 e. The zero-order chi connectivity index (χ0) is 21.7. The van der Waals surface area contributed by atoms with Crippen LogP contribution in [0.1, 0.15) is 25.0 Å². The van der Waals surface area contributed by atoms with Crippen molar-refractivity contribution in [3.8, 4) is 6.07 Å². The summed E-state index contributed by atoms with van der Waals surface area (Å²) in [6.07, 6.45) is 0.890. The highest BCUT2D eigenvalue weighted by Crippen LogP contribution is 2.32. The van der Waals surface area contributed by atoms with Crippen LogP contribution < -0.4 is 10.3 Å². The number of rotatable bonds is 3. The lowest BCUT2D eigenvalue weighted by Gasteiger charge is -2.35. The van der Waals surface area contributed by atoms with E-state index >= 15 is 0 Å². The highest BCUT2D eigenvalue weighted by molar-refractivity contribution is 6.10. The van der Waals surface area contributed by atoms with Crippen molar-refractivity contribution in [2.45, 2.75) is 26.8 Å². The maximum absolute atomic E-state index is 13.7. The van der Waals surface area contributed by atoms with E-state index in [2.05, 4.69) is 58.4 Å². The Morgan fingerprint density at radius 2 is 1.84 bits per heavy atom. The average molecular weight is 414 g/mol. The van der Waals surface area contributed by atoms with E-state index in [1.54, 1.807) is 6.07 Å². The first-order valence-electron chi connectivity index (χ1n) is 11.0. The van der Waals surface area contributed by atoms with Crippen molar-refractivity contribution in [3.05, 3.63) is 51.7 Å². The summed E-state index contributed by atoms with van der Waals surface area (Å²) in [7, 11) is 2.16. The molecular weight excluding hydrogens is 386 g/mol. The molecule has 0 saturated carbocycles. The molecule has 2 aromatic carbocycles. The summed E-state index contributed by atoms with van der Waals surface area (Å²) in [4.78, 5) is 21.9. The number of H-pyrrole nitrogens is 1. The third kappa shape index (κ3) is 3.00. The Morgan fingerprint density at radius 3 is 2.52 bits per heavy atom. The second kappa shape index (κ2) is 7.44. The number of nitrogens with zero attached hydrogens (tertiary/aromatic N) is 4. The number of benzene rings is 2. The zero-order valence-corrected chi connectivity index (χ0v) is 18.3. The van der Waals surface area contributed by atoms with Gasteiger partial charge >= 0.3 is 0 Å². The highest BCUT2D eigenvalue weighted by Gasteiger charge is 2.21. The van der Waals surface area contributed by atoms with E-state index in [4.69, 9.17) is 0 Å². The van der Waals surface area contributed by atoms with Crippen LogP contribution in [-0.4, -0.2) is 47.7 Å². The summed E-state index contributed by atoms with van der Waals surface area (Å²) >= 11 is 0. The van der Waals surface area contributed by atoms with E-state index in [1.165, 1.54) is 11.3 Å². The maximum atomic E-state index is 13.7. The molecule has 0 unspecified atom stereocenters. The van der Waals surface area contributed by atoms with Gasteiger partial charge in [0.25, 0.3) is 0 Å². The molecule has 0 aliphatic carbocycles. The van der Waals surface area contributed by atoms with Crippen molar-refractivity contribution >= 4 is 38.5 Å². The third-order valence-electron chi connectivity index (χ3n) is 6.68. The minimum atomic E-state index is 0.0604. The molecule has 0 amide bonds. The Bertz CT molecular complexity index is 1410. The molecule has 158 valence electrons. The number of pyridine rings is 1. The summed E-state index contributed by atoms with van der Waals surface area (Å²) < 4.78 is 2.21. The van der Waals surface area contributed by atoms with Gasteiger partial charge in [-0.2, -0.15) is 5.26 Å². The van der Waals surface area contributed by atoms with Gasteiger partial charge in [-0.15, -0.1) is 0 Å². The smallest absolute Gasteiger partial charge is 0.199 e. The van der Waals surface area contributed by atoms with Crippen LogP contribution >= 0.6 is 0 Å². The number of fused-ring (bicyclic) bond motifs is 4. The predicted molar refractivity (Wildman–Crippen MR) is 127 cm³/mol. The zero-order valence-electron chi connectivity index (χ0n) is 18.3. The molecule has 0 bridgehead atoms. The number of aromatic nitrogens is 2. The molecule has 0 spiro atoms. The number of likely N-dealkylation sites (N-methyl/N-ethyl adjacent to an activating group) is 1. The molecule has 6 heteroatoms. The molecule has 0 radical (unpaired) electrons. The second-order valence-electron chi connectivity index (χ2n) is 8.44. The first-order chi connectivity index (χ1) is 15.0. The highest BCUT2D eigenvalue weighted by atomic mass is 16.1. The Hall–Kier alpha value is -3.30. The van der Waals surface area contributed by atoms with E-state index in [9.17, 15) is 10.1 Å². The molecule has 31 heavy (non-hydrogen) atoms. The van der Waals surface area contributed by atoms with Crippen molar-refractivity contribution in [3.63, 3.8) is 0 Å². The first kappa shape index (κ1) is 19.7. The van der Waals surface area contributed by atoms with Crippen molar-refractivity contribution in [1.82, 2.24) is 14.5 Å². The fourth-order valence-electron chi connectivity index (χ4n) is 4.92. The number of nitriles is 1. The lowest BCUT2D eigenvalue weighted by molar-refractivity contribution is 0.312. The molecule has 5 rings (SSSR count). The van der Waals surface area contributed by atoms with Crippen LogP contribution in [0.2, 0.25) is 0 Å². The lowest BCUT2D eigenvalue weighted by atomic mass is 10.0. The van der Waals surface area contributed by atoms with Gasteiger partial charge in [-0.3, -0.25) is 4.79 Å². The number of aryl methyl sites for hydroxylation is 2. The van der Waals surface area contributed by atoms with Gasteiger partial charge in [0.2, 0.25) is 0 Å². The van der Waals surface area contributed by atoms with Gasteiger partial charge in [-0.05, 0) is 50.2 Å². The normalized spacial score (nSPS) is 15.2. The van der Waals surface area contributed by atoms with E-state index in [0.29, 0.717) is 10.9 Å². The maximum Gasteiger partial charge on any atom is 0.199 e. The average Bonchev–Trinajstić information content (AvgIpc) is 3.17. The fraction of sp³-hybridized carbons (Fsp3) is 0.360. The lowest BCUT2D eigenvalue weighted by Crippen LogP contribution is -2.44. The van der Waals surface area contributed by atoms with Crippen molar-refractivity contribution in [2.24, 2.45) is 0 Å². The van der Waals surface area contributed by atoms with Gasteiger partial charge in [0, 0.05) is 54.7 Å². The Balaban J connectivity index is 1.83. The van der Waals surface area contributed by atoms with Crippen LogP contribution in [0.3, 0.4) is 0 Å². The minimum absolute atomic E-state index is 0.0604. The van der Waals surface area contributed by atoms with Crippen molar-refractivity contribution < 1.29 is 0 Å². The first-order valence-corrected chi connectivity index (χ1v) is 11.0. The van der Waals surface area contributed by atoms with E-state index in [0.717, 1.165) is 66.6 Å². The molecule has 1 fully saturated rings. The summed E-state index contributed by atoms with van der Waals surface area (Å²) in [6.45, 7) is 9.10. The Labute approximate surface area is 181 Å². The topological polar surface area (TPSA) is 68.1 Å². The van der Waals surface area contributed by atoms with E-state index < -0.39 is 0 Å². The van der Waals surface area contributed by atoms with Crippen LogP contribution in [0, 0.1) is 11.3 Å². The van der Waals surface area contributed by atoms with Crippen LogP contribution in [0.25, 0.3) is 32.8 Å². The summed E-state index contributed by atoms with van der Waals surface area (Å²) in [5.74, 6) is 0. The molecule has 1 aliphatic rings. The second-order valence-corrected chi connectivity index (χ2v) is 8.44. The molecule has 1 saturated heterocycles.